The second kappa shape index (κ2) is 7.74. The molecule has 0 bridgehead atoms. The van der Waals surface area contributed by atoms with Crippen molar-refractivity contribution in [2.24, 2.45) is 10.2 Å². The molecule has 116 valence electrons. The fraction of sp³-hybridized carbons (Fsp3) is 0.333. The molecule has 22 heavy (non-hydrogen) atoms. The highest BCUT2D eigenvalue weighted by atomic mass is 32.2. The Morgan fingerprint density at radius 2 is 2.05 bits per heavy atom. The fourth-order valence-electron chi connectivity index (χ4n) is 1.77. The molecule has 1 aliphatic heterocycles. The summed E-state index contributed by atoms with van der Waals surface area (Å²) in [5.41, 5.74) is 1.82. The normalized spacial score (nSPS) is 18.9. The van der Waals surface area contributed by atoms with Crippen LogP contribution in [0.5, 0.6) is 0 Å². The number of rotatable bonds is 5. The SMILES string of the molecule is CC(C)=N/N=C1/NC(=O)C(CC(=O)NCc2ccccc2)S1. The van der Waals surface area contributed by atoms with E-state index in [4.69, 9.17) is 0 Å². The average molecular weight is 318 g/mol. The van der Waals surface area contributed by atoms with Crippen LogP contribution >= 0.6 is 11.8 Å². The third-order valence-electron chi connectivity index (χ3n) is 2.82. The molecule has 0 radical (unpaired) electrons. The van der Waals surface area contributed by atoms with Gasteiger partial charge in [0.25, 0.3) is 0 Å². The predicted molar refractivity (Wildman–Crippen MR) is 88.6 cm³/mol. The summed E-state index contributed by atoms with van der Waals surface area (Å²) in [4.78, 5) is 23.7. The number of hydrogen-bond acceptors (Lipinski definition) is 5. The summed E-state index contributed by atoms with van der Waals surface area (Å²) in [5, 5.41) is 13.2. The molecule has 2 N–H and O–H groups in total. The predicted octanol–water partition coefficient (Wildman–Crippen LogP) is 1.68. The Hall–Kier alpha value is -2.15. The number of nitrogens with one attached hydrogen (secondary N) is 2. The average Bonchev–Trinajstić information content (AvgIpc) is 2.84. The van der Waals surface area contributed by atoms with Crippen LogP contribution in [0.2, 0.25) is 0 Å². The number of carbonyl (C=O) groups is 2. The minimum atomic E-state index is -0.457. The van der Waals surface area contributed by atoms with Crippen LogP contribution in [0.3, 0.4) is 0 Å². The zero-order valence-corrected chi connectivity index (χ0v) is 13.3. The van der Waals surface area contributed by atoms with E-state index in [9.17, 15) is 9.59 Å². The zero-order valence-electron chi connectivity index (χ0n) is 12.5. The maximum Gasteiger partial charge on any atom is 0.240 e. The molecule has 1 saturated heterocycles. The highest BCUT2D eigenvalue weighted by Gasteiger charge is 2.32. The van der Waals surface area contributed by atoms with E-state index >= 15 is 0 Å². The Balaban J connectivity index is 1.83. The molecule has 0 aliphatic carbocycles. The third-order valence-corrected chi connectivity index (χ3v) is 3.89. The number of amidine groups is 1. The Bertz CT molecular complexity index is 609. The minimum absolute atomic E-state index is 0.122. The van der Waals surface area contributed by atoms with Crippen molar-refractivity contribution in [3.63, 3.8) is 0 Å². The quantitative estimate of drug-likeness (QED) is 0.640. The van der Waals surface area contributed by atoms with Gasteiger partial charge in [-0.1, -0.05) is 42.1 Å². The van der Waals surface area contributed by atoms with Gasteiger partial charge in [0.05, 0.1) is 0 Å². The van der Waals surface area contributed by atoms with Crippen LogP contribution in [0.4, 0.5) is 0 Å². The molecule has 0 aromatic heterocycles. The molecule has 1 fully saturated rings. The van der Waals surface area contributed by atoms with E-state index in [-0.39, 0.29) is 18.2 Å². The summed E-state index contributed by atoms with van der Waals surface area (Å²) in [7, 11) is 0. The first-order valence-electron chi connectivity index (χ1n) is 6.91. The first-order valence-corrected chi connectivity index (χ1v) is 7.79. The van der Waals surface area contributed by atoms with Crippen LogP contribution in [0.25, 0.3) is 0 Å². The Morgan fingerprint density at radius 3 is 2.73 bits per heavy atom. The smallest absolute Gasteiger partial charge is 0.240 e. The summed E-state index contributed by atoms with van der Waals surface area (Å²) >= 11 is 1.23. The van der Waals surface area contributed by atoms with Gasteiger partial charge in [-0.25, -0.2) is 0 Å². The van der Waals surface area contributed by atoms with Gasteiger partial charge < -0.3 is 10.6 Å². The van der Waals surface area contributed by atoms with E-state index in [2.05, 4.69) is 20.8 Å². The molecule has 1 aromatic carbocycles. The highest BCUT2D eigenvalue weighted by Crippen LogP contribution is 2.22. The number of benzene rings is 1. The summed E-state index contributed by atoms with van der Waals surface area (Å²) in [6.07, 6.45) is 0.122. The Labute approximate surface area is 133 Å². The van der Waals surface area contributed by atoms with E-state index < -0.39 is 5.25 Å². The number of nitrogens with zero attached hydrogens (tertiary/aromatic N) is 2. The summed E-state index contributed by atoms with van der Waals surface area (Å²) in [5.74, 6) is -0.365. The van der Waals surface area contributed by atoms with Crippen molar-refractivity contribution >= 4 is 34.5 Å². The summed E-state index contributed by atoms with van der Waals surface area (Å²) in [6, 6.07) is 9.63. The largest absolute Gasteiger partial charge is 0.352 e. The number of amides is 2. The standard InChI is InChI=1S/C15H18N4O2S/c1-10(2)18-19-15-17-14(21)12(22-15)8-13(20)16-9-11-6-4-3-5-7-11/h3-7,12H,8-9H2,1-2H3,(H,16,20)(H,17,19,21). The lowest BCUT2D eigenvalue weighted by atomic mass is 10.2. The van der Waals surface area contributed by atoms with Gasteiger partial charge in [0.1, 0.15) is 5.25 Å². The molecular weight excluding hydrogens is 300 g/mol. The van der Waals surface area contributed by atoms with Crippen molar-refractivity contribution < 1.29 is 9.59 Å². The molecule has 7 heteroatoms. The molecule has 1 atom stereocenters. The second-order valence-corrected chi connectivity index (χ2v) is 6.21. The van der Waals surface area contributed by atoms with Crippen LogP contribution in [0.15, 0.2) is 40.5 Å². The van der Waals surface area contributed by atoms with E-state index in [1.165, 1.54) is 11.8 Å². The van der Waals surface area contributed by atoms with Crippen LogP contribution in [-0.2, 0) is 16.1 Å². The van der Waals surface area contributed by atoms with Gasteiger partial charge in [-0.05, 0) is 19.4 Å². The van der Waals surface area contributed by atoms with Crippen LogP contribution in [0, 0.1) is 0 Å². The van der Waals surface area contributed by atoms with Crippen molar-refractivity contribution in [1.29, 1.82) is 0 Å². The molecule has 2 amide bonds. The molecule has 1 unspecified atom stereocenters. The monoisotopic (exact) mass is 318 g/mol. The van der Waals surface area contributed by atoms with Crippen molar-refractivity contribution in [1.82, 2.24) is 10.6 Å². The maximum atomic E-state index is 11.9. The van der Waals surface area contributed by atoms with Crippen LogP contribution in [-0.4, -0.2) is 27.9 Å². The van der Waals surface area contributed by atoms with Gasteiger partial charge in [0.2, 0.25) is 11.8 Å². The zero-order chi connectivity index (χ0) is 15.9. The Kier molecular flexibility index (Phi) is 5.71. The lowest BCUT2D eigenvalue weighted by molar-refractivity contribution is -0.125. The molecule has 6 nitrogen and oxygen atoms in total. The Morgan fingerprint density at radius 1 is 1.32 bits per heavy atom. The summed E-state index contributed by atoms with van der Waals surface area (Å²) < 4.78 is 0. The molecule has 1 aliphatic rings. The molecule has 0 spiro atoms. The van der Waals surface area contributed by atoms with E-state index in [0.717, 1.165) is 11.3 Å². The molecular formula is C15H18N4O2S. The first-order chi connectivity index (χ1) is 10.5. The topological polar surface area (TPSA) is 82.9 Å². The lowest BCUT2D eigenvalue weighted by Gasteiger charge is -2.07. The van der Waals surface area contributed by atoms with Crippen molar-refractivity contribution in [2.45, 2.75) is 32.1 Å². The first kappa shape index (κ1) is 16.2. The second-order valence-electron chi connectivity index (χ2n) is 5.01. The van der Waals surface area contributed by atoms with Gasteiger partial charge in [0.15, 0.2) is 5.17 Å². The molecule has 1 aromatic rings. The third kappa shape index (κ3) is 5.00. The van der Waals surface area contributed by atoms with Crippen molar-refractivity contribution in [3.8, 4) is 0 Å². The lowest BCUT2D eigenvalue weighted by Crippen LogP contribution is -2.31. The van der Waals surface area contributed by atoms with Gasteiger partial charge in [-0.2, -0.15) is 5.10 Å². The van der Waals surface area contributed by atoms with Crippen molar-refractivity contribution in [3.05, 3.63) is 35.9 Å². The van der Waals surface area contributed by atoms with Gasteiger partial charge in [-0.15, -0.1) is 5.10 Å². The summed E-state index contributed by atoms with van der Waals surface area (Å²) in [6.45, 7) is 4.10. The molecule has 0 saturated carbocycles. The fourth-order valence-corrected chi connectivity index (χ4v) is 2.69. The van der Waals surface area contributed by atoms with Gasteiger partial charge in [-0.3, -0.25) is 9.59 Å². The van der Waals surface area contributed by atoms with Crippen molar-refractivity contribution in [2.75, 3.05) is 0 Å². The number of hydrogen-bond donors (Lipinski definition) is 2. The number of thioether (sulfide) groups is 1. The van der Waals surface area contributed by atoms with Gasteiger partial charge in [0, 0.05) is 18.7 Å². The van der Waals surface area contributed by atoms with Gasteiger partial charge >= 0.3 is 0 Å². The van der Waals surface area contributed by atoms with E-state index in [1.54, 1.807) is 0 Å². The van der Waals surface area contributed by atoms with E-state index in [1.807, 2.05) is 44.2 Å². The van der Waals surface area contributed by atoms with Crippen LogP contribution < -0.4 is 10.6 Å². The molecule has 2 rings (SSSR count). The maximum absolute atomic E-state index is 11.9. The minimum Gasteiger partial charge on any atom is -0.352 e. The molecule has 1 heterocycles. The highest BCUT2D eigenvalue weighted by molar-refractivity contribution is 8.15. The van der Waals surface area contributed by atoms with E-state index in [0.29, 0.717) is 11.7 Å². The number of carbonyl (C=O) groups excluding carboxylic acids is 2. The van der Waals surface area contributed by atoms with Crippen LogP contribution in [0.1, 0.15) is 25.8 Å².